The van der Waals surface area contributed by atoms with Gasteiger partial charge in [-0.25, -0.2) is 4.39 Å². The van der Waals surface area contributed by atoms with Crippen LogP contribution in [0, 0.1) is 5.82 Å². The summed E-state index contributed by atoms with van der Waals surface area (Å²) >= 11 is 0. The third kappa shape index (κ3) is 2.29. The minimum Gasteiger partial charge on any atom is -0.485 e. The van der Waals surface area contributed by atoms with Crippen molar-refractivity contribution in [1.82, 2.24) is 9.78 Å². The molecule has 0 spiro atoms. The maximum absolute atomic E-state index is 13.3. The standard InChI is InChI=1S/C15H17FN2O2/c1-9(2)18-8-10(7-17-18)14-6-13(19)12-4-3-11(16)5-15(12)20-14/h3-5,7-9,13-14,19H,6H2,1-2H3. The molecule has 20 heavy (non-hydrogen) atoms. The van der Waals surface area contributed by atoms with Crippen LogP contribution in [0.3, 0.4) is 0 Å². The summed E-state index contributed by atoms with van der Waals surface area (Å²) in [5, 5.41) is 14.4. The fourth-order valence-corrected chi connectivity index (χ4v) is 2.42. The highest BCUT2D eigenvalue weighted by molar-refractivity contribution is 5.38. The van der Waals surface area contributed by atoms with Crippen molar-refractivity contribution in [2.45, 2.75) is 38.5 Å². The number of aromatic nitrogens is 2. The van der Waals surface area contributed by atoms with Gasteiger partial charge in [0.05, 0.1) is 12.3 Å². The minimum absolute atomic E-state index is 0.266. The molecule has 5 heteroatoms. The first-order chi connectivity index (χ1) is 9.54. The van der Waals surface area contributed by atoms with Crippen LogP contribution >= 0.6 is 0 Å². The number of ether oxygens (including phenoxy) is 1. The van der Waals surface area contributed by atoms with Crippen molar-refractivity contribution in [2.24, 2.45) is 0 Å². The van der Waals surface area contributed by atoms with Gasteiger partial charge < -0.3 is 9.84 Å². The van der Waals surface area contributed by atoms with Gasteiger partial charge in [-0.05, 0) is 26.0 Å². The molecule has 1 aliphatic rings. The molecule has 2 aromatic rings. The molecule has 0 amide bonds. The molecule has 4 nitrogen and oxygen atoms in total. The molecule has 2 unspecified atom stereocenters. The monoisotopic (exact) mass is 276 g/mol. The number of aliphatic hydroxyl groups is 1. The molecule has 1 aliphatic heterocycles. The SMILES string of the molecule is CC(C)n1cc(C2CC(O)c3ccc(F)cc3O2)cn1. The van der Waals surface area contributed by atoms with E-state index in [0.29, 0.717) is 17.7 Å². The second-order valence-electron chi connectivity index (χ2n) is 5.39. The Kier molecular flexibility index (Phi) is 3.22. The Bertz CT molecular complexity index is 624. The second-order valence-corrected chi connectivity index (χ2v) is 5.39. The van der Waals surface area contributed by atoms with E-state index in [4.69, 9.17) is 4.74 Å². The molecule has 0 radical (unpaired) electrons. The zero-order valence-electron chi connectivity index (χ0n) is 11.5. The molecule has 2 heterocycles. The average Bonchev–Trinajstić information content (AvgIpc) is 2.87. The molecule has 2 atom stereocenters. The van der Waals surface area contributed by atoms with Crippen molar-refractivity contribution in [1.29, 1.82) is 0 Å². The van der Waals surface area contributed by atoms with Gasteiger partial charge in [0.25, 0.3) is 0 Å². The van der Waals surface area contributed by atoms with E-state index in [9.17, 15) is 9.50 Å². The van der Waals surface area contributed by atoms with Crippen LogP contribution in [0.1, 0.15) is 49.6 Å². The van der Waals surface area contributed by atoms with E-state index < -0.39 is 6.10 Å². The highest BCUT2D eigenvalue weighted by atomic mass is 19.1. The number of nitrogens with zero attached hydrogens (tertiary/aromatic N) is 2. The quantitative estimate of drug-likeness (QED) is 0.916. The van der Waals surface area contributed by atoms with Gasteiger partial charge in [0.2, 0.25) is 0 Å². The fourth-order valence-electron chi connectivity index (χ4n) is 2.42. The number of benzene rings is 1. The number of hydrogen-bond acceptors (Lipinski definition) is 3. The van der Waals surface area contributed by atoms with Crippen molar-refractivity contribution < 1.29 is 14.2 Å². The van der Waals surface area contributed by atoms with Crippen LogP contribution in [-0.4, -0.2) is 14.9 Å². The molecule has 1 aromatic carbocycles. The lowest BCUT2D eigenvalue weighted by Gasteiger charge is -2.29. The maximum Gasteiger partial charge on any atom is 0.130 e. The Hall–Kier alpha value is -1.88. The van der Waals surface area contributed by atoms with Crippen LogP contribution in [0.25, 0.3) is 0 Å². The third-order valence-electron chi connectivity index (χ3n) is 3.56. The predicted octanol–water partition coefficient (Wildman–Crippen LogP) is 3.16. The second kappa shape index (κ2) is 4.90. The molecular formula is C15H17FN2O2. The van der Waals surface area contributed by atoms with E-state index in [0.717, 1.165) is 5.56 Å². The lowest BCUT2D eigenvalue weighted by atomic mass is 9.96. The van der Waals surface area contributed by atoms with Gasteiger partial charge in [0, 0.05) is 35.9 Å². The molecule has 3 rings (SSSR count). The van der Waals surface area contributed by atoms with Crippen molar-refractivity contribution in [3.8, 4) is 5.75 Å². The van der Waals surface area contributed by atoms with Crippen LogP contribution in [0.2, 0.25) is 0 Å². The Morgan fingerprint density at radius 1 is 1.45 bits per heavy atom. The summed E-state index contributed by atoms with van der Waals surface area (Å²) in [6.07, 6.45) is 3.15. The Labute approximate surface area is 116 Å². The molecule has 0 saturated carbocycles. The summed E-state index contributed by atoms with van der Waals surface area (Å²) in [6.45, 7) is 4.08. The number of rotatable bonds is 2. The fraction of sp³-hybridized carbons (Fsp3) is 0.400. The summed E-state index contributed by atoms with van der Waals surface area (Å²) in [6, 6.07) is 4.49. The number of hydrogen-bond donors (Lipinski definition) is 1. The van der Waals surface area contributed by atoms with Crippen molar-refractivity contribution in [3.63, 3.8) is 0 Å². The minimum atomic E-state index is -0.647. The maximum atomic E-state index is 13.3. The zero-order chi connectivity index (χ0) is 14.3. The normalized spacial score (nSPS) is 21.6. The topological polar surface area (TPSA) is 47.3 Å². The third-order valence-corrected chi connectivity index (χ3v) is 3.56. The van der Waals surface area contributed by atoms with Gasteiger partial charge in [-0.2, -0.15) is 5.10 Å². The van der Waals surface area contributed by atoms with Crippen LogP contribution in [0.5, 0.6) is 5.75 Å². The Morgan fingerprint density at radius 3 is 2.95 bits per heavy atom. The molecule has 0 saturated heterocycles. The van der Waals surface area contributed by atoms with Gasteiger partial charge in [0.1, 0.15) is 17.7 Å². The van der Waals surface area contributed by atoms with Gasteiger partial charge in [-0.1, -0.05) is 0 Å². The largest absolute Gasteiger partial charge is 0.485 e. The van der Waals surface area contributed by atoms with Crippen molar-refractivity contribution >= 4 is 0 Å². The summed E-state index contributed by atoms with van der Waals surface area (Å²) in [4.78, 5) is 0. The van der Waals surface area contributed by atoms with Crippen LogP contribution in [0.15, 0.2) is 30.6 Å². The summed E-state index contributed by atoms with van der Waals surface area (Å²) < 4.78 is 20.9. The van der Waals surface area contributed by atoms with Gasteiger partial charge in [-0.15, -0.1) is 0 Å². The summed E-state index contributed by atoms with van der Waals surface area (Å²) in [5.41, 5.74) is 1.53. The Balaban J connectivity index is 1.90. The molecule has 0 fully saturated rings. The van der Waals surface area contributed by atoms with Crippen LogP contribution in [-0.2, 0) is 0 Å². The van der Waals surface area contributed by atoms with Crippen molar-refractivity contribution in [3.05, 3.63) is 47.5 Å². The summed E-state index contributed by atoms with van der Waals surface area (Å²) in [7, 11) is 0. The molecule has 0 aliphatic carbocycles. The molecule has 1 N–H and O–H groups in total. The molecule has 0 bridgehead atoms. The van der Waals surface area contributed by atoms with E-state index in [2.05, 4.69) is 5.10 Å². The molecular weight excluding hydrogens is 259 g/mol. The first-order valence-corrected chi connectivity index (χ1v) is 6.73. The highest BCUT2D eigenvalue weighted by Crippen LogP contribution is 2.40. The van der Waals surface area contributed by atoms with Gasteiger partial charge in [-0.3, -0.25) is 4.68 Å². The first-order valence-electron chi connectivity index (χ1n) is 6.73. The van der Waals surface area contributed by atoms with Gasteiger partial charge >= 0.3 is 0 Å². The van der Waals surface area contributed by atoms with Crippen molar-refractivity contribution in [2.75, 3.05) is 0 Å². The van der Waals surface area contributed by atoms with Crippen LogP contribution < -0.4 is 4.74 Å². The lowest BCUT2D eigenvalue weighted by Crippen LogP contribution is -2.18. The number of halogens is 1. The van der Waals surface area contributed by atoms with E-state index in [-0.39, 0.29) is 18.0 Å². The van der Waals surface area contributed by atoms with Crippen LogP contribution in [0.4, 0.5) is 4.39 Å². The zero-order valence-corrected chi connectivity index (χ0v) is 11.5. The molecule has 106 valence electrons. The Morgan fingerprint density at radius 2 is 2.25 bits per heavy atom. The molecule has 1 aromatic heterocycles. The smallest absolute Gasteiger partial charge is 0.130 e. The number of fused-ring (bicyclic) bond motifs is 1. The lowest BCUT2D eigenvalue weighted by molar-refractivity contribution is 0.0653. The number of aliphatic hydroxyl groups excluding tert-OH is 1. The van der Waals surface area contributed by atoms with Gasteiger partial charge in [0.15, 0.2) is 0 Å². The first kappa shape index (κ1) is 13.1. The summed E-state index contributed by atoms with van der Waals surface area (Å²) in [5.74, 6) is 0.0422. The van der Waals surface area contributed by atoms with E-state index in [1.54, 1.807) is 12.3 Å². The average molecular weight is 276 g/mol. The van der Waals surface area contributed by atoms with E-state index in [1.807, 2.05) is 24.7 Å². The van der Waals surface area contributed by atoms with E-state index in [1.165, 1.54) is 12.1 Å². The van der Waals surface area contributed by atoms with E-state index >= 15 is 0 Å². The predicted molar refractivity (Wildman–Crippen MR) is 72.0 cm³/mol. The highest BCUT2D eigenvalue weighted by Gasteiger charge is 2.29.